The molecule has 0 aliphatic carbocycles. The number of halogens is 1. The van der Waals surface area contributed by atoms with E-state index >= 15 is 0 Å². The Bertz CT molecular complexity index is 1710. The van der Waals surface area contributed by atoms with E-state index in [1.807, 2.05) is 56.3 Å². The zero-order valence-corrected chi connectivity index (χ0v) is 22.8. The first-order valence-electron chi connectivity index (χ1n) is 12.8. The highest BCUT2D eigenvalue weighted by molar-refractivity contribution is 6.31. The SMILES string of the molecule is CCCN(C(=O)Nc1cccc2ccccc12)C(C)c1nc2cc(Cl)ccc2c(=O)n1-c1ccc(OC)cc1. The normalized spacial score (nSPS) is 11.9. The number of ether oxygens (including phenoxy) is 1. The molecule has 1 atom stereocenters. The monoisotopic (exact) mass is 540 g/mol. The van der Waals surface area contributed by atoms with E-state index in [0.29, 0.717) is 39.7 Å². The quantitative estimate of drug-likeness (QED) is 0.237. The van der Waals surface area contributed by atoms with Gasteiger partial charge in [0.15, 0.2) is 0 Å². The first-order valence-corrected chi connectivity index (χ1v) is 13.2. The summed E-state index contributed by atoms with van der Waals surface area (Å²) in [6.07, 6.45) is 0.722. The van der Waals surface area contributed by atoms with Crippen molar-refractivity contribution in [2.45, 2.75) is 26.3 Å². The Labute approximate surface area is 231 Å². The molecule has 2 amide bonds. The van der Waals surface area contributed by atoms with Crippen molar-refractivity contribution >= 4 is 45.0 Å². The average molecular weight is 541 g/mol. The van der Waals surface area contributed by atoms with E-state index in [9.17, 15) is 9.59 Å². The number of benzene rings is 4. The van der Waals surface area contributed by atoms with Crippen molar-refractivity contribution in [2.75, 3.05) is 19.0 Å². The molecular formula is C31H29ClN4O3. The number of anilines is 1. The predicted octanol–water partition coefficient (Wildman–Crippen LogP) is 7.21. The lowest BCUT2D eigenvalue weighted by Crippen LogP contribution is -2.40. The Morgan fingerprint density at radius 1 is 1.03 bits per heavy atom. The van der Waals surface area contributed by atoms with Crippen molar-refractivity contribution in [3.63, 3.8) is 0 Å². The summed E-state index contributed by atoms with van der Waals surface area (Å²) in [4.78, 5) is 34.2. The van der Waals surface area contributed by atoms with Gasteiger partial charge in [-0.3, -0.25) is 9.36 Å². The number of carbonyl (C=O) groups is 1. The Kier molecular flexibility index (Phi) is 7.52. The van der Waals surface area contributed by atoms with Gasteiger partial charge in [-0.05, 0) is 67.3 Å². The maximum absolute atomic E-state index is 13.8. The van der Waals surface area contributed by atoms with Crippen LogP contribution in [0.15, 0.2) is 89.7 Å². The molecule has 7 nitrogen and oxygen atoms in total. The molecule has 1 aromatic heterocycles. The highest BCUT2D eigenvalue weighted by atomic mass is 35.5. The molecule has 0 radical (unpaired) electrons. The van der Waals surface area contributed by atoms with Gasteiger partial charge in [-0.25, -0.2) is 9.78 Å². The predicted molar refractivity (Wildman–Crippen MR) is 157 cm³/mol. The highest BCUT2D eigenvalue weighted by Gasteiger charge is 2.27. The molecule has 8 heteroatoms. The Hall–Kier alpha value is -4.36. The summed E-state index contributed by atoms with van der Waals surface area (Å²) >= 11 is 6.26. The Balaban J connectivity index is 1.61. The molecule has 0 bridgehead atoms. The van der Waals surface area contributed by atoms with E-state index in [2.05, 4.69) is 5.32 Å². The molecule has 0 aliphatic rings. The number of methoxy groups -OCH3 is 1. The molecule has 0 fully saturated rings. The number of aromatic nitrogens is 2. The molecule has 0 saturated carbocycles. The largest absolute Gasteiger partial charge is 0.497 e. The Morgan fingerprint density at radius 2 is 1.77 bits per heavy atom. The minimum Gasteiger partial charge on any atom is -0.497 e. The van der Waals surface area contributed by atoms with Crippen molar-refractivity contribution in [3.05, 3.63) is 106 Å². The van der Waals surface area contributed by atoms with Gasteiger partial charge in [0.25, 0.3) is 5.56 Å². The van der Waals surface area contributed by atoms with E-state index < -0.39 is 6.04 Å². The van der Waals surface area contributed by atoms with Gasteiger partial charge in [-0.15, -0.1) is 0 Å². The first kappa shape index (κ1) is 26.3. The van der Waals surface area contributed by atoms with Crippen LogP contribution < -0.4 is 15.6 Å². The lowest BCUT2D eigenvalue weighted by Gasteiger charge is -2.30. The Morgan fingerprint density at radius 3 is 2.51 bits per heavy atom. The van der Waals surface area contributed by atoms with Crippen molar-refractivity contribution in [1.29, 1.82) is 0 Å². The third kappa shape index (κ3) is 5.18. The molecule has 4 aromatic carbocycles. The van der Waals surface area contributed by atoms with Crippen molar-refractivity contribution < 1.29 is 9.53 Å². The van der Waals surface area contributed by atoms with Gasteiger partial charge in [0, 0.05) is 17.0 Å². The summed E-state index contributed by atoms with van der Waals surface area (Å²) in [6, 6.07) is 25.1. The van der Waals surface area contributed by atoms with Crippen LogP contribution in [-0.4, -0.2) is 34.1 Å². The molecule has 1 unspecified atom stereocenters. The summed E-state index contributed by atoms with van der Waals surface area (Å²) in [5.41, 5.74) is 1.58. The zero-order chi connectivity index (χ0) is 27.5. The molecule has 39 heavy (non-hydrogen) atoms. The standard InChI is InChI=1S/C31H29ClN4O3/c1-4-18-35(31(38)34-27-11-7-9-21-8-5-6-10-25(21)27)20(2)29-33-28-19-22(32)12-17-26(28)30(37)36(29)23-13-15-24(39-3)16-14-23/h5-17,19-20H,4,18H2,1-3H3,(H,34,38). The molecule has 0 saturated heterocycles. The number of nitrogens with zero attached hydrogens (tertiary/aromatic N) is 3. The number of urea groups is 1. The number of nitrogens with one attached hydrogen (secondary N) is 1. The number of carbonyl (C=O) groups excluding carboxylic acids is 1. The van der Waals surface area contributed by atoms with E-state index in [-0.39, 0.29) is 11.6 Å². The minimum atomic E-state index is -0.543. The lowest BCUT2D eigenvalue weighted by molar-refractivity contribution is 0.189. The second-order valence-corrected chi connectivity index (χ2v) is 9.73. The number of hydrogen-bond donors (Lipinski definition) is 1. The van der Waals surface area contributed by atoms with Crippen molar-refractivity contribution in [3.8, 4) is 11.4 Å². The summed E-state index contributed by atoms with van der Waals surface area (Å²) in [6.45, 7) is 4.36. The molecule has 198 valence electrons. The highest BCUT2D eigenvalue weighted by Crippen LogP contribution is 2.28. The van der Waals surface area contributed by atoms with Gasteiger partial charge in [-0.2, -0.15) is 0 Å². The van der Waals surface area contributed by atoms with Crippen LogP contribution in [-0.2, 0) is 0 Å². The van der Waals surface area contributed by atoms with Crippen LogP contribution in [0.2, 0.25) is 5.02 Å². The van der Waals surface area contributed by atoms with E-state index in [1.54, 1.807) is 59.0 Å². The topological polar surface area (TPSA) is 76.5 Å². The molecule has 5 aromatic rings. The van der Waals surface area contributed by atoms with Crippen LogP contribution in [0.3, 0.4) is 0 Å². The first-order chi connectivity index (χ1) is 18.9. The van der Waals surface area contributed by atoms with Crippen LogP contribution in [0, 0.1) is 0 Å². The van der Waals surface area contributed by atoms with Crippen LogP contribution in [0.25, 0.3) is 27.4 Å². The van der Waals surface area contributed by atoms with E-state index in [0.717, 1.165) is 22.9 Å². The van der Waals surface area contributed by atoms with Gasteiger partial charge < -0.3 is 15.0 Å². The second kappa shape index (κ2) is 11.2. The lowest BCUT2D eigenvalue weighted by atomic mass is 10.1. The molecule has 1 heterocycles. The number of amides is 2. The molecule has 5 rings (SSSR count). The van der Waals surface area contributed by atoms with E-state index in [4.69, 9.17) is 21.3 Å². The van der Waals surface area contributed by atoms with Gasteiger partial charge in [-0.1, -0.05) is 54.9 Å². The average Bonchev–Trinajstić information content (AvgIpc) is 2.95. The summed E-state index contributed by atoms with van der Waals surface area (Å²) in [5, 5.41) is 5.99. The summed E-state index contributed by atoms with van der Waals surface area (Å²) < 4.78 is 6.87. The zero-order valence-electron chi connectivity index (χ0n) is 22.0. The van der Waals surface area contributed by atoms with Gasteiger partial charge >= 0.3 is 6.03 Å². The summed E-state index contributed by atoms with van der Waals surface area (Å²) in [7, 11) is 1.59. The smallest absolute Gasteiger partial charge is 0.322 e. The van der Waals surface area contributed by atoms with Crippen LogP contribution in [0.5, 0.6) is 5.75 Å². The molecular weight excluding hydrogens is 512 g/mol. The van der Waals surface area contributed by atoms with Crippen LogP contribution in [0.1, 0.15) is 32.1 Å². The molecule has 1 N–H and O–H groups in total. The fourth-order valence-electron chi connectivity index (χ4n) is 4.81. The van der Waals surface area contributed by atoms with Crippen LogP contribution in [0.4, 0.5) is 10.5 Å². The van der Waals surface area contributed by atoms with Gasteiger partial charge in [0.05, 0.1) is 35.4 Å². The molecule has 0 aliphatic heterocycles. The van der Waals surface area contributed by atoms with E-state index in [1.165, 1.54) is 0 Å². The third-order valence-electron chi connectivity index (χ3n) is 6.79. The minimum absolute atomic E-state index is 0.241. The van der Waals surface area contributed by atoms with Gasteiger partial charge in [0.1, 0.15) is 11.6 Å². The van der Waals surface area contributed by atoms with Crippen molar-refractivity contribution in [2.24, 2.45) is 0 Å². The van der Waals surface area contributed by atoms with Gasteiger partial charge in [0.2, 0.25) is 0 Å². The maximum atomic E-state index is 13.8. The number of fused-ring (bicyclic) bond motifs is 2. The fraction of sp³-hybridized carbons (Fsp3) is 0.194. The number of hydrogen-bond acceptors (Lipinski definition) is 4. The fourth-order valence-corrected chi connectivity index (χ4v) is 4.98. The van der Waals surface area contributed by atoms with Crippen LogP contribution >= 0.6 is 11.6 Å². The number of rotatable bonds is 7. The maximum Gasteiger partial charge on any atom is 0.322 e. The molecule has 0 spiro atoms. The third-order valence-corrected chi connectivity index (χ3v) is 7.02. The van der Waals surface area contributed by atoms with Crippen molar-refractivity contribution in [1.82, 2.24) is 14.5 Å². The second-order valence-electron chi connectivity index (χ2n) is 9.30. The summed E-state index contributed by atoms with van der Waals surface area (Å²) in [5.74, 6) is 1.10.